The van der Waals surface area contributed by atoms with E-state index in [2.05, 4.69) is 10.5 Å². The van der Waals surface area contributed by atoms with E-state index in [1.807, 2.05) is 36.4 Å². The normalized spacial score (nSPS) is 20.2. The second kappa shape index (κ2) is 5.84. The lowest BCUT2D eigenvalue weighted by Gasteiger charge is -2.24. The average molecular weight is 310 g/mol. The fourth-order valence-electron chi connectivity index (χ4n) is 3.53. The average Bonchev–Trinajstić information content (AvgIpc) is 3.27. The zero-order chi connectivity index (χ0) is 15.7. The van der Waals surface area contributed by atoms with Gasteiger partial charge >= 0.3 is 0 Å². The van der Waals surface area contributed by atoms with Gasteiger partial charge in [-0.15, -0.1) is 0 Å². The van der Waals surface area contributed by atoms with Crippen LogP contribution in [-0.4, -0.2) is 17.1 Å². The lowest BCUT2D eigenvalue weighted by molar-refractivity contribution is -0.124. The highest BCUT2D eigenvalue weighted by Crippen LogP contribution is 2.48. The Kier molecular flexibility index (Phi) is 3.68. The van der Waals surface area contributed by atoms with Gasteiger partial charge in [0.05, 0.1) is 11.1 Å². The monoisotopic (exact) mass is 310 g/mol. The molecule has 0 spiro atoms. The minimum absolute atomic E-state index is 0.136. The molecule has 4 heteroatoms. The Balaban J connectivity index is 1.50. The maximum atomic E-state index is 12.7. The number of carbonyl (C=O) groups is 1. The van der Waals surface area contributed by atoms with Gasteiger partial charge in [0.25, 0.3) is 0 Å². The first-order valence-electron chi connectivity index (χ1n) is 8.61. The lowest BCUT2D eigenvalue weighted by atomic mass is 9.93. The van der Waals surface area contributed by atoms with Crippen molar-refractivity contribution in [3.05, 3.63) is 42.1 Å². The fourth-order valence-corrected chi connectivity index (χ4v) is 3.53. The molecule has 120 valence electrons. The Morgan fingerprint density at radius 2 is 1.87 bits per heavy atom. The smallest absolute Gasteiger partial charge is 0.232 e. The molecule has 2 aliphatic carbocycles. The van der Waals surface area contributed by atoms with Gasteiger partial charge < -0.3 is 9.84 Å². The van der Waals surface area contributed by atoms with E-state index < -0.39 is 5.41 Å². The van der Waals surface area contributed by atoms with Crippen LogP contribution in [0.4, 0.5) is 0 Å². The summed E-state index contributed by atoms with van der Waals surface area (Å²) in [6.45, 7) is 0. The van der Waals surface area contributed by atoms with Gasteiger partial charge in [-0.1, -0.05) is 54.8 Å². The minimum Gasteiger partial charge on any atom is -0.356 e. The fraction of sp³-hybridized carbons (Fsp3) is 0.474. The number of nitrogens with zero attached hydrogens (tertiary/aromatic N) is 1. The van der Waals surface area contributed by atoms with Crippen molar-refractivity contribution in [3.8, 4) is 11.3 Å². The molecule has 0 bridgehead atoms. The first-order chi connectivity index (χ1) is 11.3. The third-order valence-corrected chi connectivity index (χ3v) is 5.18. The molecule has 0 unspecified atom stereocenters. The summed E-state index contributed by atoms with van der Waals surface area (Å²) >= 11 is 0. The topological polar surface area (TPSA) is 55.1 Å². The molecule has 1 aromatic heterocycles. The second-order valence-electron chi connectivity index (χ2n) is 6.83. The van der Waals surface area contributed by atoms with Gasteiger partial charge in [0, 0.05) is 17.7 Å². The van der Waals surface area contributed by atoms with Crippen LogP contribution < -0.4 is 5.32 Å². The van der Waals surface area contributed by atoms with Crippen LogP contribution in [0.2, 0.25) is 0 Å². The molecular weight excluding hydrogens is 288 g/mol. The SMILES string of the molecule is O=C(NC1CCCCC1)C1(c2cc(-c3ccccc3)on2)CC1. The molecule has 0 atom stereocenters. The molecule has 2 saturated carbocycles. The molecule has 0 radical (unpaired) electrons. The molecule has 4 rings (SSSR count). The summed E-state index contributed by atoms with van der Waals surface area (Å²) < 4.78 is 5.49. The van der Waals surface area contributed by atoms with E-state index in [-0.39, 0.29) is 5.91 Å². The Morgan fingerprint density at radius 1 is 1.13 bits per heavy atom. The van der Waals surface area contributed by atoms with Crippen LogP contribution in [0.3, 0.4) is 0 Å². The largest absolute Gasteiger partial charge is 0.356 e. The highest BCUT2D eigenvalue weighted by Gasteiger charge is 2.54. The number of benzene rings is 1. The molecule has 1 amide bonds. The van der Waals surface area contributed by atoms with E-state index in [1.54, 1.807) is 0 Å². The Morgan fingerprint density at radius 3 is 2.57 bits per heavy atom. The molecule has 2 aliphatic rings. The van der Waals surface area contributed by atoms with E-state index >= 15 is 0 Å². The third kappa shape index (κ3) is 2.78. The van der Waals surface area contributed by atoms with Crippen molar-refractivity contribution < 1.29 is 9.32 Å². The number of hydrogen-bond donors (Lipinski definition) is 1. The van der Waals surface area contributed by atoms with Crippen LogP contribution in [0, 0.1) is 0 Å². The Hall–Kier alpha value is -2.10. The minimum atomic E-state index is -0.450. The summed E-state index contributed by atoms with van der Waals surface area (Å²) in [4.78, 5) is 12.7. The number of nitrogens with one attached hydrogen (secondary N) is 1. The Labute approximate surface area is 136 Å². The van der Waals surface area contributed by atoms with Gasteiger partial charge in [-0.05, 0) is 25.7 Å². The van der Waals surface area contributed by atoms with Gasteiger partial charge in [0.15, 0.2) is 5.76 Å². The van der Waals surface area contributed by atoms with Crippen LogP contribution in [0.1, 0.15) is 50.6 Å². The first-order valence-corrected chi connectivity index (χ1v) is 8.61. The molecule has 2 aromatic rings. The molecule has 0 saturated heterocycles. The molecule has 1 N–H and O–H groups in total. The Bertz CT molecular complexity index is 682. The zero-order valence-electron chi connectivity index (χ0n) is 13.3. The number of aromatic nitrogens is 1. The van der Waals surface area contributed by atoms with E-state index in [4.69, 9.17) is 4.52 Å². The van der Waals surface area contributed by atoms with Gasteiger partial charge in [-0.2, -0.15) is 0 Å². The van der Waals surface area contributed by atoms with Crippen LogP contribution >= 0.6 is 0 Å². The number of rotatable bonds is 4. The molecule has 1 heterocycles. The standard InChI is InChI=1S/C19H22N2O2/c22-18(20-15-9-5-2-6-10-15)19(11-12-19)17-13-16(23-21-17)14-7-3-1-4-8-14/h1,3-4,7-8,13,15H,2,5-6,9-12H2,(H,20,22). The predicted molar refractivity (Wildman–Crippen MR) is 87.9 cm³/mol. The maximum absolute atomic E-state index is 12.7. The number of hydrogen-bond acceptors (Lipinski definition) is 3. The second-order valence-corrected chi connectivity index (χ2v) is 6.83. The summed E-state index contributed by atoms with van der Waals surface area (Å²) in [7, 11) is 0. The number of amides is 1. The third-order valence-electron chi connectivity index (χ3n) is 5.18. The quantitative estimate of drug-likeness (QED) is 0.934. The molecule has 0 aliphatic heterocycles. The van der Waals surface area contributed by atoms with Gasteiger partial charge in [-0.25, -0.2) is 0 Å². The zero-order valence-corrected chi connectivity index (χ0v) is 13.3. The van der Waals surface area contributed by atoms with E-state index in [0.717, 1.165) is 42.7 Å². The van der Waals surface area contributed by atoms with E-state index in [0.29, 0.717) is 6.04 Å². The predicted octanol–water partition coefficient (Wildman–Crippen LogP) is 3.82. The summed E-state index contributed by atoms with van der Waals surface area (Å²) in [5, 5.41) is 7.45. The van der Waals surface area contributed by atoms with Gasteiger partial charge in [0.1, 0.15) is 0 Å². The van der Waals surface area contributed by atoms with E-state index in [9.17, 15) is 4.79 Å². The van der Waals surface area contributed by atoms with Gasteiger partial charge in [0.2, 0.25) is 5.91 Å². The molecular formula is C19H22N2O2. The van der Waals surface area contributed by atoms with Crippen molar-refractivity contribution in [1.82, 2.24) is 10.5 Å². The molecule has 2 fully saturated rings. The summed E-state index contributed by atoms with van der Waals surface area (Å²) in [5.41, 5.74) is 1.33. The van der Waals surface area contributed by atoms with Crippen LogP contribution in [0.5, 0.6) is 0 Å². The molecule has 23 heavy (non-hydrogen) atoms. The molecule has 1 aromatic carbocycles. The first kappa shape index (κ1) is 14.5. The van der Waals surface area contributed by atoms with Crippen molar-refractivity contribution in [1.29, 1.82) is 0 Å². The maximum Gasteiger partial charge on any atom is 0.232 e. The van der Waals surface area contributed by atoms with E-state index in [1.165, 1.54) is 19.3 Å². The van der Waals surface area contributed by atoms with Gasteiger partial charge in [-0.3, -0.25) is 4.79 Å². The summed E-state index contributed by atoms with van der Waals surface area (Å²) in [6.07, 6.45) is 7.69. The van der Waals surface area contributed by atoms with Crippen molar-refractivity contribution in [2.45, 2.75) is 56.4 Å². The van der Waals surface area contributed by atoms with Crippen molar-refractivity contribution >= 4 is 5.91 Å². The van der Waals surface area contributed by atoms with Crippen molar-refractivity contribution in [2.75, 3.05) is 0 Å². The molecule has 4 nitrogen and oxygen atoms in total. The van der Waals surface area contributed by atoms with Crippen LogP contribution in [0.25, 0.3) is 11.3 Å². The number of carbonyl (C=O) groups excluding carboxylic acids is 1. The van der Waals surface area contributed by atoms with Crippen LogP contribution in [-0.2, 0) is 10.2 Å². The lowest BCUT2D eigenvalue weighted by Crippen LogP contribution is -2.42. The highest BCUT2D eigenvalue weighted by molar-refractivity contribution is 5.91. The summed E-state index contributed by atoms with van der Waals surface area (Å²) in [5.74, 6) is 0.870. The van der Waals surface area contributed by atoms with Crippen molar-refractivity contribution in [2.24, 2.45) is 0 Å². The highest BCUT2D eigenvalue weighted by atomic mass is 16.5. The van der Waals surface area contributed by atoms with Crippen LogP contribution in [0.15, 0.2) is 40.9 Å². The summed E-state index contributed by atoms with van der Waals surface area (Å²) in [6, 6.07) is 12.2. The van der Waals surface area contributed by atoms with Crippen molar-refractivity contribution in [3.63, 3.8) is 0 Å².